The number of carboxylic acids is 1. The number of carboxylic acid groups (broad SMARTS) is 1. The Bertz CT molecular complexity index is 1220. The Morgan fingerprint density at radius 1 is 1.30 bits per heavy atom. The van der Waals surface area contributed by atoms with Crippen LogP contribution in [0.1, 0.15) is 18.0 Å². The summed E-state index contributed by atoms with van der Waals surface area (Å²) in [6.45, 7) is 0.150. The summed E-state index contributed by atoms with van der Waals surface area (Å²) in [5.41, 5.74) is 11.8. The van der Waals surface area contributed by atoms with Crippen molar-refractivity contribution in [3.63, 3.8) is 0 Å². The second-order valence-electron chi connectivity index (χ2n) is 8.02. The second-order valence-corrected chi connectivity index (χ2v) is 10.3. The largest absolute Gasteiger partial charge is 0.508 e. The van der Waals surface area contributed by atoms with E-state index in [1.807, 2.05) is 0 Å². The maximum Gasteiger partial charge on any atom is 0.352 e. The summed E-state index contributed by atoms with van der Waals surface area (Å²) < 4.78 is 0. The molecule has 4 amide bonds. The molecule has 9 N–H and O–H groups in total. The van der Waals surface area contributed by atoms with Gasteiger partial charge in [-0.3, -0.25) is 14.5 Å². The minimum atomic E-state index is -1.30. The number of β-lactam (4-membered cyclic amide) rings is 1. The van der Waals surface area contributed by atoms with E-state index < -0.39 is 46.5 Å². The van der Waals surface area contributed by atoms with E-state index in [1.54, 1.807) is 0 Å². The molecule has 0 saturated carbocycles. The van der Waals surface area contributed by atoms with Gasteiger partial charge in [0.2, 0.25) is 11.1 Å². The van der Waals surface area contributed by atoms with Crippen molar-refractivity contribution in [2.45, 2.75) is 34.3 Å². The van der Waals surface area contributed by atoms with E-state index in [1.165, 1.54) is 36.0 Å². The molecule has 3 heterocycles. The molecule has 1 saturated heterocycles. The summed E-state index contributed by atoms with van der Waals surface area (Å²) in [5, 5.41) is 37.2. The van der Waals surface area contributed by atoms with Gasteiger partial charge in [-0.05, 0) is 34.9 Å². The van der Waals surface area contributed by atoms with Crippen LogP contribution >= 0.6 is 23.5 Å². The number of thioether (sulfide) groups is 2. The predicted molar refractivity (Wildman–Crippen MR) is 131 cm³/mol. The molecule has 15 nitrogen and oxygen atoms in total. The fourth-order valence-electron chi connectivity index (χ4n) is 3.93. The highest BCUT2D eigenvalue weighted by molar-refractivity contribution is 8.01. The third kappa shape index (κ3) is 5.62. The summed E-state index contributed by atoms with van der Waals surface area (Å²) in [6, 6.07) is 3.00. The first-order chi connectivity index (χ1) is 17.7. The molecule has 1 aromatic heterocycles. The molecule has 1 fully saturated rings. The van der Waals surface area contributed by atoms with E-state index in [0.29, 0.717) is 11.1 Å². The number of amides is 4. The Balaban J connectivity index is 1.52. The van der Waals surface area contributed by atoms with Crippen molar-refractivity contribution in [1.82, 2.24) is 36.2 Å². The van der Waals surface area contributed by atoms with Crippen LogP contribution in [0.25, 0.3) is 0 Å². The van der Waals surface area contributed by atoms with Crippen molar-refractivity contribution < 1.29 is 29.4 Å². The van der Waals surface area contributed by atoms with Gasteiger partial charge in [0.1, 0.15) is 28.9 Å². The quantitative estimate of drug-likeness (QED) is 0.137. The van der Waals surface area contributed by atoms with E-state index in [-0.39, 0.29) is 35.3 Å². The van der Waals surface area contributed by atoms with E-state index in [0.717, 1.165) is 16.7 Å². The zero-order valence-electron chi connectivity index (χ0n) is 19.0. The lowest BCUT2D eigenvalue weighted by molar-refractivity contribution is -0.150. The molecule has 0 spiro atoms. The number of aromatic hydroxyl groups is 1. The van der Waals surface area contributed by atoms with Gasteiger partial charge < -0.3 is 32.3 Å². The molecule has 1 aromatic carbocycles. The van der Waals surface area contributed by atoms with Gasteiger partial charge in [0.25, 0.3) is 5.91 Å². The van der Waals surface area contributed by atoms with Gasteiger partial charge in [0.05, 0.1) is 0 Å². The number of carbonyl (C=O) groups is 4. The maximum atomic E-state index is 13.0. The lowest BCUT2D eigenvalue weighted by Crippen LogP contribution is -2.71. The highest BCUT2D eigenvalue weighted by atomic mass is 32.2. The molecule has 0 radical (unpaired) electrons. The number of urea groups is 1. The summed E-state index contributed by atoms with van der Waals surface area (Å²) >= 11 is 2.42. The number of benzene rings is 1. The first-order valence-corrected chi connectivity index (χ1v) is 12.8. The number of nitrogens with one attached hydrogen (secondary N) is 3. The minimum Gasteiger partial charge on any atom is -0.508 e. The van der Waals surface area contributed by atoms with Crippen LogP contribution in [0.4, 0.5) is 4.79 Å². The average Bonchev–Trinajstić information content (AvgIpc) is 3.38. The SMILES string of the molecule is NC(=O)NCCC(Sc1nn[nH]n1)C1=C(C(=O)O)N2C(=O)C(NC(=O)C(N)c3ccc(O)cc3)[C@@H]2SC1. The number of phenolic OH excluding ortho intramolecular Hbond substituents is 1. The van der Waals surface area contributed by atoms with E-state index in [4.69, 9.17) is 11.5 Å². The van der Waals surface area contributed by atoms with Crippen LogP contribution in [0.5, 0.6) is 5.75 Å². The molecule has 17 heteroatoms. The van der Waals surface area contributed by atoms with Crippen LogP contribution in [0.15, 0.2) is 40.7 Å². The number of fused-ring (bicyclic) bond motifs is 1. The average molecular weight is 550 g/mol. The summed E-state index contributed by atoms with van der Waals surface area (Å²) in [7, 11) is 0. The third-order valence-electron chi connectivity index (χ3n) is 5.70. The standard InChI is InChI=1S/C20H23N9O6S2/c21-12(8-1-3-9(30)4-2-8)15(31)24-13-16(32)29-14(18(33)34)10(7-36-17(13)29)11(5-6-23-19(22)35)37-20-25-27-28-26-20/h1-4,11-13,17,30H,5-7,21H2,(H,24,31)(H,33,34)(H3,22,23,35)(H,25,26,27,28)/t11?,12?,13?,17-/m0/s1. The molecule has 0 bridgehead atoms. The predicted octanol–water partition coefficient (Wildman–Crippen LogP) is -1.14. The van der Waals surface area contributed by atoms with Crippen molar-refractivity contribution in [2.75, 3.05) is 12.3 Å². The number of phenols is 1. The summed E-state index contributed by atoms with van der Waals surface area (Å²) in [5.74, 6) is -2.25. The van der Waals surface area contributed by atoms with E-state index in [9.17, 15) is 29.4 Å². The molecule has 2 aromatic rings. The molecule has 196 valence electrons. The first kappa shape index (κ1) is 26.2. The van der Waals surface area contributed by atoms with Crippen molar-refractivity contribution in [3.8, 4) is 5.75 Å². The summed E-state index contributed by atoms with van der Waals surface area (Å²) in [6.07, 6.45) is 0.281. The second kappa shape index (κ2) is 11.1. The minimum absolute atomic E-state index is 0.0183. The molecule has 37 heavy (non-hydrogen) atoms. The summed E-state index contributed by atoms with van der Waals surface area (Å²) in [4.78, 5) is 50.3. The molecule has 3 unspecified atom stereocenters. The number of aliphatic carboxylic acids is 1. The number of rotatable bonds is 10. The number of hydrogen-bond acceptors (Lipinski definition) is 11. The number of aromatic amines is 1. The van der Waals surface area contributed by atoms with Gasteiger partial charge in [0, 0.05) is 17.5 Å². The van der Waals surface area contributed by atoms with Gasteiger partial charge in [-0.1, -0.05) is 23.9 Å². The van der Waals surface area contributed by atoms with Gasteiger partial charge >= 0.3 is 12.0 Å². The van der Waals surface area contributed by atoms with Crippen LogP contribution in [0.3, 0.4) is 0 Å². The van der Waals surface area contributed by atoms with Crippen LogP contribution < -0.4 is 22.1 Å². The smallest absolute Gasteiger partial charge is 0.352 e. The molecule has 4 atom stereocenters. The highest BCUT2D eigenvalue weighted by Crippen LogP contribution is 2.44. The number of hydrogen-bond donors (Lipinski definition) is 7. The molecule has 0 aliphatic carbocycles. The Morgan fingerprint density at radius 3 is 2.65 bits per heavy atom. The van der Waals surface area contributed by atoms with Crippen molar-refractivity contribution in [1.29, 1.82) is 0 Å². The lowest BCUT2D eigenvalue weighted by Gasteiger charge is -2.50. The Hall–Kier alpha value is -3.83. The number of tetrazole rings is 1. The Kier molecular flexibility index (Phi) is 7.84. The van der Waals surface area contributed by atoms with Crippen molar-refractivity contribution in [3.05, 3.63) is 41.1 Å². The first-order valence-electron chi connectivity index (χ1n) is 10.9. The zero-order valence-corrected chi connectivity index (χ0v) is 20.7. The lowest BCUT2D eigenvalue weighted by atomic mass is 9.99. The van der Waals surface area contributed by atoms with Gasteiger partial charge in [-0.2, -0.15) is 5.21 Å². The van der Waals surface area contributed by atoms with Crippen LogP contribution in [-0.4, -0.2) is 88.5 Å². The number of primary amides is 1. The van der Waals surface area contributed by atoms with Crippen LogP contribution in [-0.2, 0) is 14.4 Å². The molecule has 4 rings (SSSR count). The molecular formula is C20H23N9O6S2. The van der Waals surface area contributed by atoms with E-state index in [2.05, 4.69) is 31.3 Å². The number of nitrogens with zero attached hydrogens (tertiary/aromatic N) is 4. The van der Waals surface area contributed by atoms with Crippen molar-refractivity contribution >= 4 is 47.3 Å². The van der Waals surface area contributed by atoms with Gasteiger partial charge in [0.15, 0.2) is 0 Å². The number of H-pyrrole nitrogens is 1. The van der Waals surface area contributed by atoms with E-state index >= 15 is 0 Å². The normalized spacial score (nSPS) is 20.5. The van der Waals surface area contributed by atoms with Gasteiger partial charge in [-0.25, -0.2) is 9.59 Å². The zero-order chi connectivity index (χ0) is 26.7. The van der Waals surface area contributed by atoms with Gasteiger partial charge in [-0.15, -0.1) is 22.0 Å². The monoisotopic (exact) mass is 549 g/mol. The number of nitrogens with two attached hydrogens (primary N) is 2. The molecule has 2 aliphatic rings. The molecular weight excluding hydrogens is 526 g/mol. The number of aromatic nitrogens is 4. The molecule has 2 aliphatic heterocycles. The fourth-order valence-corrected chi connectivity index (χ4v) is 6.46. The highest BCUT2D eigenvalue weighted by Gasteiger charge is 2.55. The third-order valence-corrected chi connectivity index (χ3v) is 8.19. The van der Waals surface area contributed by atoms with Crippen molar-refractivity contribution in [2.24, 2.45) is 11.5 Å². The Morgan fingerprint density at radius 2 is 2.03 bits per heavy atom. The maximum absolute atomic E-state index is 13.0. The topological polar surface area (TPSA) is 243 Å². The van der Waals surface area contributed by atoms with Crippen LogP contribution in [0.2, 0.25) is 0 Å². The van der Waals surface area contributed by atoms with Crippen LogP contribution in [0, 0.1) is 0 Å². The fraction of sp³-hybridized carbons (Fsp3) is 0.350. The number of carbonyl (C=O) groups excluding carboxylic acids is 3. The Labute approximate surface area is 217 Å².